The van der Waals surface area contributed by atoms with Gasteiger partial charge in [-0.3, -0.25) is 4.98 Å². The van der Waals surface area contributed by atoms with Gasteiger partial charge in [-0.2, -0.15) is 0 Å². The van der Waals surface area contributed by atoms with Crippen LogP contribution < -0.4 is 10.5 Å². The van der Waals surface area contributed by atoms with E-state index in [0.29, 0.717) is 6.61 Å². The van der Waals surface area contributed by atoms with E-state index in [4.69, 9.17) is 14.9 Å². The van der Waals surface area contributed by atoms with Crippen LogP contribution >= 0.6 is 0 Å². The molecule has 0 amide bonds. The minimum Gasteiger partial charge on any atom is -0.492 e. The van der Waals surface area contributed by atoms with Gasteiger partial charge in [-0.1, -0.05) is 6.92 Å². The number of nitrogens with two attached hydrogens (primary N) is 1. The summed E-state index contributed by atoms with van der Waals surface area (Å²) < 4.78 is 10.9. The van der Waals surface area contributed by atoms with Crippen LogP contribution in [0.3, 0.4) is 0 Å². The van der Waals surface area contributed by atoms with E-state index >= 15 is 0 Å². The average molecular weight is 260 g/mol. The predicted molar refractivity (Wildman–Crippen MR) is 74.0 cm³/mol. The first-order chi connectivity index (χ1) is 9.29. The lowest BCUT2D eigenvalue weighted by Crippen LogP contribution is -2.12. The van der Waals surface area contributed by atoms with Crippen molar-refractivity contribution in [3.05, 3.63) is 48.2 Å². The Hall–Kier alpha value is -1.81. The lowest BCUT2D eigenvalue weighted by atomic mass is 10.0. The third-order valence-corrected chi connectivity index (χ3v) is 2.92. The summed E-state index contributed by atoms with van der Waals surface area (Å²) in [5.74, 6) is 1.74. The van der Waals surface area contributed by atoms with E-state index in [9.17, 15) is 0 Å². The SMILES string of the molecule is CCCOc1cncc(C(N)CCc2ccco2)c1. The average Bonchev–Trinajstić information content (AvgIpc) is 2.96. The molecule has 0 aliphatic heterocycles. The molecule has 0 spiro atoms. The van der Waals surface area contributed by atoms with E-state index in [1.165, 1.54) is 0 Å². The smallest absolute Gasteiger partial charge is 0.137 e. The van der Waals surface area contributed by atoms with Crippen molar-refractivity contribution >= 4 is 0 Å². The molecule has 0 aliphatic rings. The topological polar surface area (TPSA) is 61.3 Å². The molecule has 0 saturated carbocycles. The van der Waals surface area contributed by atoms with Crippen LogP contribution in [0.15, 0.2) is 41.3 Å². The summed E-state index contributed by atoms with van der Waals surface area (Å²) >= 11 is 0. The monoisotopic (exact) mass is 260 g/mol. The lowest BCUT2D eigenvalue weighted by molar-refractivity contribution is 0.315. The van der Waals surface area contributed by atoms with Gasteiger partial charge in [0.25, 0.3) is 0 Å². The van der Waals surface area contributed by atoms with Crippen LogP contribution in [0, 0.1) is 0 Å². The zero-order chi connectivity index (χ0) is 13.5. The Morgan fingerprint density at radius 1 is 1.42 bits per heavy atom. The molecule has 2 aromatic rings. The van der Waals surface area contributed by atoms with Crippen LogP contribution in [0.4, 0.5) is 0 Å². The van der Waals surface area contributed by atoms with Crippen molar-refractivity contribution in [3.8, 4) is 5.75 Å². The molecule has 0 saturated heterocycles. The maximum Gasteiger partial charge on any atom is 0.137 e. The van der Waals surface area contributed by atoms with Gasteiger partial charge in [0.05, 0.1) is 19.1 Å². The van der Waals surface area contributed by atoms with E-state index in [0.717, 1.165) is 36.3 Å². The molecule has 0 aliphatic carbocycles. The van der Waals surface area contributed by atoms with E-state index in [1.54, 1.807) is 18.7 Å². The van der Waals surface area contributed by atoms with E-state index in [2.05, 4.69) is 11.9 Å². The van der Waals surface area contributed by atoms with Crippen molar-refractivity contribution in [2.75, 3.05) is 6.61 Å². The van der Waals surface area contributed by atoms with Gasteiger partial charge in [-0.25, -0.2) is 0 Å². The normalized spacial score (nSPS) is 12.3. The zero-order valence-corrected chi connectivity index (χ0v) is 11.2. The van der Waals surface area contributed by atoms with E-state index in [-0.39, 0.29) is 6.04 Å². The molecule has 2 aromatic heterocycles. The van der Waals surface area contributed by atoms with Crippen LogP contribution in [0.1, 0.15) is 37.1 Å². The largest absolute Gasteiger partial charge is 0.492 e. The highest BCUT2D eigenvalue weighted by atomic mass is 16.5. The van der Waals surface area contributed by atoms with Gasteiger partial charge in [-0.15, -0.1) is 0 Å². The van der Waals surface area contributed by atoms with Crippen molar-refractivity contribution in [2.45, 2.75) is 32.2 Å². The van der Waals surface area contributed by atoms with Gasteiger partial charge >= 0.3 is 0 Å². The molecule has 2 rings (SSSR count). The van der Waals surface area contributed by atoms with Crippen LogP contribution in [-0.2, 0) is 6.42 Å². The molecule has 0 radical (unpaired) electrons. The van der Waals surface area contributed by atoms with Gasteiger partial charge in [-0.05, 0) is 36.6 Å². The fourth-order valence-electron chi connectivity index (χ4n) is 1.86. The van der Waals surface area contributed by atoms with Crippen molar-refractivity contribution in [3.63, 3.8) is 0 Å². The molecule has 2 N–H and O–H groups in total. The molecular formula is C15H20N2O2. The summed E-state index contributed by atoms with van der Waals surface area (Å²) in [5, 5.41) is 0. The Labute approximate surface area is 113 Å². The van der Waals surface area contributed by atoms with Crippen LogP contribution in [0.25, 0.3) is 0 Å². The summed E-state index contributed by atoms with van der Waals surface area (Å²) in [7, 11) is 0. The molecule has 19 heavy (non-hydrogen) atoms. The highest BCUT2D eigenvalue weighted by Gasteiger charge is 2.09. The summed E-state index contributed by atoms with van der Waals surface area (Å²) in [6, 6.07) is 5.77. The van der Waals surface area contributed by atoms with Gasteiger partial charge in [0.1, 0.15) is 11.5 Å². The fourth-order valence-corrected chi connectivity index (χ4v) is 1.86. The summed E-state index contributed by atoms with van der Waals surface area (Å²) in [4.78, 5) is 4.18. The van der Waals surface area contributed by atoms with Crippen molar-refractivity contribution < 1.29 is 9.15 Å². The molecule has 2 heterocycles. The Morgan fingerprint density at radius 2 is 2.32 bits per heavy atom. The summed E-state index contributed by atoms with van der Waals surface area (Å²) in [6.07, 6.45) is 7.83. The lowest BCUT2D eigenvalue weighted by Gasteiger charge is -2.12. The van der Waals surface area contributed by atoms with Crippen molar-refractivity contribution in [1.82, 2.24) is 4.98 Å². The highest BCUT2D eigenvalue weighted by molar-refractivity contribution is 5.25. The molecule has 102 valence electrons. The first-order valence-electron chi connectivity index (χ1n) is 6.65. The standard InChI is InChI=1S/C15H20N2O2/c1-2-7-18-14-9-12(10-17-11-14)15(16)6-5-13-4-3-8-19-13/h3-4,8-11,15H,2,5-7,16H2,1H3. The number of pyridine rings is 1. The number of hydrogen-bond acceptors (Lipinski definition) is 4. The highest BCUT2D eigenvalue weighted by Crippen LogP contribution is 2.20. The third kappa shape index (κ3) is 4.10. The predicted octanol–water partition coefficient (Wildman–Crippen LogP) is 3.10. The molecule has 0 bridgehead atoms. The first kappa shape index (κ1) is 13.6. The zero-order valence-electron chi connectivity index (χ0n) is 11.2. The van der Waals surface area contributed by atoms with Gasteiger partial charge in [0.15, 0.2) is 0 Å². The van der Waals surface area contributed by atoms with E-state index in [1.807, 2.05) is 18.2 Å². The fraction of sp³-hybridized carbons (Fsp3) is 0.400. The van der Waals surface area contributed by atoms with Gasteiger partial charge in [0, 0.05) is 18.7 Å². The quantitative estimate of drug-likeness (QED) is 0.831. The number of aryl methyl sites for hydroxylation is 1. The first-order valence-corrected chi connectivity index (χ1v) is 6.65. The Kier molecular flexibility index (Phi) is 4.98. The Morgan fingerprint density at radius 3 is 3.05 bits per heavy atom. The molecule has 0 fully saturated rings. The van der Waals surface area contributed by atoms with Crippen LogP contribution in [-0.4, -0.2) is 11.6 Å². The molecule has 1 unspecified atom stereocenters. The molecule has 4 nitrogen and oxygen atoms in total. The molecule has 1 atom stereocenters. The maximum atomic E-state index is 6.17. The summed E-state index contributed by atoms with van der Waals surface area (Å²) in [6.45, 7) is 2.78. The second-order valence-electron chi connectivity index (χ2n) is 4.53. The van der Waals surface area contributed by atoms with Crippen molar-refractivity contribution in [2.24, 2.45) is 5.73 Å². The number of rotatable bonds is 7. The number of aromatic nitrogens is 1. The number of furan rings is 1. The number of nitrogens with zero attached hydrogens (tertiary/aromatic N) is 1. The van der Waals surface area contributed by atoms with Gasteiger partial charge in [0.2, 0.25) is 0 Å². The number of ether oxygens (including phenoxy) is 1. The third-order valence-electron chi connectivity index (χ3n) is 2.92. The molecular weight excluding hydrogens is 240 g/mol. The van der Waals surface area contributed by atoms with Crippen molar-refractivity contribution in [1.29, 1.82) is 0 Å². The Bertz CT molecular complexity index is 483. The molecule has 4 heteroatoms. The van der Waals surface area contributed by atoms with Crippen LogP contribution in [0.2, 0.25) is 0 Å². The number of hydrogen-bond donors (Lipinski definition) is 1. The maximum absolute atomic E-state index is 6.17. The van der Waals surface area contributed by atoms with Gasteiger partial charge < -0.3 is 14.9 Å². The van der Waals surface area contributed by atoms with Crippen LogP contribution in [0.5, 0.6) is 5.75 Å². The van der Waals surface area contributed by atoms with E-state index < -0.39 is 0 Å². The second kappa shape index (κ2) is 6.95. The minimum atomic E-state index is -0.0530. The molecule has 0 aromatic carbocycles. The second-order valence-corrected chi connectivity index (χ2v) is 4.53. The minimum absolute atomic E-state index is 0.0530. The Balaban J connectivity index is 1.92. The summed E-state index contributed by atoms with van der Waals surface area (Å²) in [5.41, 5.74) is 7.17.